The van der Waals surface area contributed by atoms with Gasteiger partial charge in [-0.2, -0.15) is 0 Å². The second kappa shape index (κ2) is 7.80. The molecule has 0 heterocycles. The normalized spacial score (nSPS) is 13.8. The molecule has 0 spiro atoms. The fraction of sp³-hybridized carbons (Fsp3) is 0.667. The predicted molar refractivity (Wildman–Crippen MR) is 89.2 cm³/mol. The number of likely N-dealkylation sites (N-methyl/N-ethyl adjacent to an activating group) is 1. The maximum absolute atomic E-state index is 3.72. The van der Waals surface area contributed by atoms with E-state index in [1.165, 1.54) is 24.0 Å². The van der Waals surface area contributed by atoms with Crippen LogP contribution in [0.15, 0.2) is 24.3 Å². The summed E-state index contributed by atoms with van der Waals surface area (Å²) in [7, 11) is 4.32. The average molecular weight is 276 g/mol. The van der Waals surface area contributed by atoms with Gasteiger partial charge in [-0.25, -0.2) is 0 Å². The van der Waals surface area contributed by atoms with Crippen LogP contribution in [-0.2, 0) is 6.42 Å². The Bertz CT molecular complexity index is 379. The highest BCUT2D eigenvalue weighted by atomic mass is 15.2. The van der Waals surface area contributed by atoms with Crippen molar-refractivity contribution >= 4 is 0 Å². The van der Waals surface area contributed by atoms with Gasteiger partial charge in [-0.15, -0.1) is 0 Å². The molecule has 0 fully saturated rings. The smallest absolute Gasteiger partial charge is 0.0501 e. The van der Waals surface area contributed by atoms with Crippen molar-refractivity contribution in [3.8, 4) is 0 Å². The summed E-state index contributed by atoms with van der Waals surface area (Å²) in [5.41, 5.74) is 2.91. The summed E-state index contributed by atoms with van der Waals surface area (Å²) in [6.45, 7) is 10.1. The molecule has 0 bridgehead atoms. The molecule has 0 aliphatic heterocycles. The third-order valence-corrected chi connectivity index (χ3v) is 4.31. The summed E-state index contributed by atoms with van der Waals surface area (Å²) < 4.78 is 0. The van der Waals surface area contributed by atoms with E-state index in [9.17, 15) is 0 Å². The monoisotopic (exact) mass is 276 g/mol. The molecule has 1 unspecified atom stereocenters. The first-order valence-corrected chi connectivity index (χ1v) is 7.93. The minimum atomic E-state index is 0.0848. The summed E-state index contributed by atoms with van der Waals surface area (Å²) in [4.78, 5) is 2.31. The Kier molecular flexibility index (Phi) is 6.70. The molecule has 1 aromatic rings. The molecule has 0 radical (unpaired) electrons. The molecular weight excluding hydrogens is 244 g/mol. The van der Waals surface area contributed by atoms with Crippen LogP contribution in [0.4, 0.5) is 0 Å². The molecule has 2 heteroatoms. The van der Waals surface area contributed by atoms with Crippen LogP contribution in [0.25, 0.3) is 0 Å². The summed E-state index contributed by atoms with van der Waals surface area (Å²) in [5, 5.41) is 3.72. The highest BCUT2D eigenvalue weighted by Crippen LogP contribution is 2.29. The van der Waals surface area contributed by atoms with E-state index < -0.39 is 0 Å². The Hall–Kier alpha value is -0.860. The first-order valence-electron chi connectivity index (χ1n) is 7.93. The first-order chi connectivity index (χ1) is 9.43. The van der Waals surface area contributed by atoms with E-state index in [2.05, 4.69) is 76.3 Å². The quantitative estimate of drug-likeness (QED) is 0.771. The molecule has 0 saturated heterocycles. The second-order valence-electron chi connectivity index (χ2n) is 6.43. The lowest BCUT2D eigenvalue weighted by molar-refractivity contribution is 0.138. The molecular formula is C18H32N2. The standard InChI is InChI=1S/C18H32N2/c1-7-9-15-10-12-16(13-11-15)17(19-14-8-2)18(3,4)20(5)6/h10-13,17,19H,7-9,14H2,1-6H3. The number of nitrogens with zero attached hydrogens (tertiary/aromatic N) is 1. The fourth-order valence-corrected chi connectivity index (χ4v) is 2.49. The van der Waals surface area contributed by atoms with Crippen molar-refractivity contribution in [1.29, 1.82) is 0 Å². The molecule has 1 aromatic carbocycles. The van der Waals surface area contributed by atoms with Gasteiger partial charge in [0, 0.05) is 5.54 Å². The van der Waals surface area contributed by atoms with Gasteiger partial charge in [0.2, 0.25) is 0 Å². The van der Waals surface area contributed by atoms with E-state index in [1.807, 2.05) is 0 Å². The van der Waals surface area contributed by atoms with Gasteiger partial charge in [-0.05, 0) is 58.5 Å². The van der Waals surface area contributed by atoms with Gasteiger partial charge in [0.25, 0.3) is 0 Å². The fourth-order valence-electron chi connectivity index (χ4n) is 2.49. The minimum absolute atomic E-state index is 0.0848. The summed E-state index contributed by atoms with van der Waals surface area (Å²) in [5.74, 6) is 0. The van der Waals surface area contributed by atoms with Crippen molar-refractivity contribution in [3.63, 3.8) is 0 Å². The maximum Gasteiger partial charge on any atom is 0.0501 e. The second-order valence-corrected chi connectivity index (χ2v) is 6.43. The average Bonchev–Trinajstić information content (AvgIpc) is 2.41. The zero-order valence-electron chi connectivity index (χ0n) is 14.2. The SMILES string of the molecule is CCCNC(c1ccc(CCC)cc1)C(C)(C)N(C)C. The zero-order chi connectivity index (χ0) is 15.2. The summed E-state index contributed by atoms with van der Waals surface area (Å²) in [6.07, 6.45) is 3.54. The van der Waals surface area contributed by atoms with Crippen LogP contribution in [0.5, 0.6) is 0 Å². The van der Waals surface area contributed by atoms with Gasteiger partial charge >= 0.3 is 0 Å². The van der Waals surface area contributed by atoms with Gasteiger partial charge in [0.15, 0.2) is 0 Å². The van der Waals surface area contributed by atoms with Gasteiger partial charge in [0.1, 0.15) is 0 Å². The Morgan fingerprint density at radius 1 is 1.05 bits per heavy atom. The predicted octanol–water partition coefficient (Wildman–Crippen LogP) is 4.02. The van der Waals surface area contributed by atoms with E-state index in [4.69, 9.17) is 0 Å². The molecule has 20 heavy (non-hydrogen) atoms. The van der Waals surface area contributed by atoms with Crippen molar-refractivity contribution in [2.24, 2.45) is 0 Å². The molecule has 1 rings (SSSR count). The van der Waals surface area contributed by atoms with Crippen LogP contribution >= 0.6 is 0 Å². The van der Waals surface area contributed by atoms with Crippen LogP contribution in [0, 0.1) is 0 Å². The van der Waals surface area contributed by atoms with E-state index in [-0.39, 0.29) is 5.54 Å². The molecule has 2 nitrogen and oxygen atoms in total. The van der Waals surface area contributed by atoms with Gasteiger partial charge in [-0.3, -0.25) is 0 Å². The number of nitrogens with one attached hydrogen (secondary N) is 1. The van der Waals surface area contributed by atoms with E-state index in [0.717, 1.165) is 13.0 Å². The molecule has 0 aliphatic carbocycles. The van der Waals surface area contributed by atoms with Crippen LogP contribution in [0.1, 0.15) is 57.7 Å². The van der Waals surface area contributed by atoms with Crippen molar-refractivity contribution in [1.82, 2.24) is 10.2 Å². The molecule has 1 N–H and O–H groups in total. The lowest BCUT2D eigenvalue weighted by atomic mass is 9.87. The van der Waals surface area contributed by atoms with E-state index >= 15 is 0 Å². The number of benzene rings is 1. The summed E-state index contributed by atoms with van der Waals surface area (Å²) in [6, 6.07) is 9.51. The molecule has 0 amide bonds. The van der Waals surface area contributed by atoms with Crippen LogP contribution in [-0.4, -0.2) is 31.1 Å². The third kappa shape index (κ3) is 4.32. The maximum atomic E-state index is 3.72. The number of aryl methyl sites for hydroxylation is 1. The van der Waals surface area contributed by atoms with E-state index in [0.29, 0.717) is 6.04 Å². The molecule has 114 valence electrons. The third-order valence-electron chi connectivity index (χ3n) is 4.31. The Morgan fingerprint density at radius 3 is 2.10 bits per heavy atom. The van der Waals surface area contributed by atoms with Gasteiger partial charge in [-0.1, -0.05) is 44.5 Å². The molecule has 0 aromatic heterocycles. The highest BCUT2D eigenvalue weighted by Gasteiger charge is 2.32. The van der Waals surface area contributed by atoms with Gasteiger partial charge in [0.05, 0.1) is 6.04 Å². The lowest BCUT2D eigenvalue weighted by Crippen LogP contribution is -2.49. The Labute approximate surface area is 125 Å². The van der Waals surface area contributed by atoms with Crippen LogP contribution < -0.4 is 5.32 Å². The van der Waals surface area contributed by atoms with Crippen LogP contribution in [0.3, 0.4) is 0 Å². The highest BCUT2D eigenvalue weighted by molar-refractivity contribution is 5.27. The van der Waals surface area contributed by atoms with Gasteiger partial charge < -0.3 is 10.2 Å². The molecule has 0 aliphatic rings. The zero-order valence-corrected chi connectivity index (χ0v) is 14.2. The van der Waals surface area contributed by atoms with Crippen molar-refractivity contribution in [3.05, 3.63) is 35.4 Å². The Morgan fingerprint density at radius 2 is 1.65 bits per heavy atom. The Balaban J connectivity index is 2.98. The first kappa shape index (κ1) is 17.2. The summed E-state index contributed by atoms with van der Waals surface area (Å²) >= 11 is 0. The molecule has 0 saturated carbocycles. The van der Waals surface area contributed by atoms with Crippen molar-refractivity contribution in [2.45, 2.75) is 58.5 Å². The molecule has 1 atom stereocenters. The van der Waals surface area contributed by atoms with Crippen LogP contribution in [0.2, 0.25) is 0 Å². The lowest BCUT2D eigenvalue weighted by Gasteiger charge is -2.41. The number of rotatable bonds is 8. The minimum Gasteiger partial charge on any atom is -0.308 e. The topological polar surface area (TPSA) is 15.3 Å². The largest absolute Gasteiger partial charge is 0.308 e. The number of hydrogen-bond donors (Lipinski definition) is 1. The van der Waals surface area contributed by atoms with Crippen molar-refractivity contribution < 1.29 is 0 Å². The number of hydrogen-bond acceptors (Lipinski definition) is 2. The van der Waals surface area contributed by atoms with Crippen molar-refractivity contribution in [2.75, 3.05) is 20.6 Å². The van der Waals surface area contributed by atoms with E-state index in [1.54, 1.807) is 0 Å².